The van der Waals surface area contributed by atoms with Crippen LogP contribution in [0.4, 0.5) is 0 Å². The summed E-state index contributed by atoms with van der Waals surface area (Å²) in [6.45, 7) is 1.00. The Labute approximate surface area is 148 Å². The summed E-state index contributed by atoms with van der Waals surface area (Å²) in [4.78, 5) is 58.9. The van der Waals surface area contributed by atoms with Crippen molar-refractivity contribution < 1.29 is 28.7 Å². The molecule has 0 fully saturated rings. The van der Waals surface area contributed by atoms with Crippen LogP contribution in [0.2, 0.25) is 0 Å². The summed E-state index contributed by atoms with van der Waals surface area (Å²) in [6.07, 6.45) is 2.84. The van der Waals surface area contributed by atoms with Crippen LogP contribution in [-0.4, -0.2) is 64.8 Å². The Morgan fingerprint density at radius 2 is 1.58 bits per heavy atom. The first-order chi connectivity index (χ1) is 12.1. The molecule has 0 saturated carbocycles. The van der Waals surface area contributed by atoms with E-state index in [-0.39, 0.29) is 30.7 Å². The number of hydrogen-bond donors (Lipinski definition) is 6. The molecule has 2 heterocycles. The van der Waals surface area contributed by atoms with Gasteiger partial charge >= 0.3 is 15.2 Å². The van der Waals surface area contributed by atoms with Gasteiger partial charge in [-0.15, -0.1) is 0 Å². The average Bonchev–Trinajstić information content (AvgIpc) is 2.89. The van der Waals surface area contributed by atoms with Crippen LogP contribution in [-0.2, 0) is 15.7 Å². The predicted molar refractivity (Wildman–Crippen MR) is 95.0 cm³/mol. The molecule has 2 aromatic rings. The maximum absolute atomic E-state index is 11.7. The molecular weight excluding hydrogens is 386 g/mol. The average molecular weight is 408 g/mol. The van der Waals surface area contributed by atoms with Gasteiger partial charge in [-0.05, 0) is 25.9 Å². The van der Waals surface area contributed by atoms with Crippen LogP contribution in [0.5, 0.6) is 0 Å². The number of nitrogens with one attached hydrogen (secondary N) is 2. The highest BCUT2D eigenvalue weighted by Gasteiger charge is 2.18. The topological polar surface area (TPSA) is 180 Å². The molecule has 11 nitrogen and oxygen atoms in total. The highest BCUT2D eigenvalue weighted by atomic mass is 31.2. The van der Waals surface area contributed by atoms with Crippen LogP contribution >= 0.6 is 15.2 Å². The molecular formula is C13H22N4O7P2. The minimum atomic E-state index is -4.11. The number of rotatable bonds is 10. The van der Waals surface area contributed by atoms with Crippen molar-refractivity contribution in [3.63, 3.8) is 0 Å². The van der Waals surface area contributed by atoms with Crippen molar-refractivity contribution in [2.45, 2.75) is 19.4 Å². The molecule has 0 unspecified atom stereocenters. The third kappa shape index (κ3) is 6.77. The first kappa shape index (κ1) is 21.0. The number of H-pyrrole nitrogens is 2. The van der Waals surface area contributed by atoms with E-state index in [4.69, 9.17) is 19.6 Å². The standard InChI is InChI=1S/C13H22N4O7P2/c18-13-12-11(15-9-16-13)10(7-14-12)8-17(3-1-5-25(19,20)21)4-2-6-26(22,23)24/h7,9,14H,1-6,8H2,(H,15,16,18)(H2,19,20,21)(H2,22,23,24). The lowest BCUT2D eigenvalue weighted by Gasteiger charge is -2.22. The van der Waals surface area contributed by atoms with Crippen molar-refractivity contribution >= 4 is 26.2 Å². The lowest BCUT2D eigenvalue weighted by atomic mass is 10.2. The second-order valence-corrected chi connectivity index (χ2v) is 9.58. The van der Waals surface area contributed by atoms with Crippen molar-refractivity contribution in [3.8, 4) is 0 Å². The van der Waals surface area contributed by atoms with Crippen LogP contribution in [0.15, 0.2) is 17.3 Å². The fraction of sp³-hybridized carbons (Fsp3) is 0.538. The van der Waals surface area contributed by atoms with Crippen LogP contribution in [0.1, 0.15) is 18.4 Å². The Bertz CT molecular complexity index is 856. The molecule has 0 spiro atoms. The molecule has 2 aromatic heterocycles. The zero-order valence-corrected chi connectivity index (χ0v) is 15.7. The molecule has 0 amide bonds. The third-order valence-electron chi connectivity index (χ3n) is 3.79. The zero-order valence-electron chi connectivity index (χ0n) is 13.9. The van der Waals surface area contributed by atoms with Crippen LogP contribution in [0.25, 0.3) is 11.0 Å². The van der Waals surface area contributed by atoms with Crippen molar-refractivity contribution in [1.29, 1.82) is 0 Å². The van der Waals surface area contributed by atoms with E-state index in [0.29, 0.717) is 30.7 Å². The van der Waals surface area contributed by atoms with Crippen molar-refractivity contribution in [2.75, 3.05) is 25.4 Å². The summed E-state index contributed by atoms with van der Waals surface area (Å²) >= 11 is 0. The summed E-state index contributed by atoms with van der Waals surface area (Å²) in [6, 6.07) is 0. The summed E-state index contributed by atoms with van der Waals surface area (Å²) in [5.41, 5.74) is 1.23. The number of aromatic nitrogens is 3. The molecule has 26 heavy (non-hydrogen) atoms. The Balaban J connectivity index is 2.08. The molecule has 6 N–H and O–H groups in total. The fourth-order valence-corrected chi connectivity index (χ4v) is 3.74. The lowest BCUT2D eigenvalue weighted by Crippen LogP contribution is -2.27. The van der Waals surface area contributed by atoms with Gasteiger partial charge in [0.15, 0.2) is 0 Å². The van der Waals surface area contributed by atoms with E-state index in [1.54, 1.807) is 6.20 Å². The second kappa shape index (κ2) is 8.58. The molecule has 2 rings (SSSR count). The minimum absolute atomic E-state index is 0.233. The number of fused-ring (bicyclic) bond motifs is 1. The highest BCUT2D eigenvalue weighted by Crippen LogP contribution is 2.36. The molecule has 146 valence electrons. The van der Waals surface area contributed by atoms with E-state index >= 15 is 0 Å². The van der Waals surface area contributed by atoms with E-state index in [2.05, 4.69) is 15.0 Å². The van der Waals surface area contributed by atoms with Gasteiger partial charge in [-0.3, -0.25) is 18.8 Å². The van der Waals surface area contributed by atoms with E-state index in [1.807, 2.05) is 4.90 Å². The van der Waals surface area contributed by atoms with Gasteiger partial charge in [-0.2, -0.15) is 0 Å². The van der Waals surface area contributed by atoms with Gasteiger partial charge in [-0.1, -0.05) is 0 Å². The molecule has 0 radical (unpaired) electrons. The first-order valence-corrected chi connectivity index (χ1v) is 11.5. The monoisotopic (exact) mass is 408 g/mol. The molecule has 0 saturated heterocycles. The molecule has 0 aromatic carbocycles. The Kier molecular flexibility index (Phi) is 6.92. The summed E-state index contributed by atoms with van der Waals surface area (Å²) < 4.78 is 22.0. The zero-order chi connectivity index (χ0) is 19.4. The van der Waals surface area contributed by atoms with Crippen LogP contribution in [0, 0.1) is 0 Å². The highest BCUT2D eigenvalue weighted by molar-refractivity contribution is 7.52. The molecule has 0 atom stereocenters. The summed E-state index contributed by atoms with van der Waals surface area (Å²) in [5, 5.41) is 0. The van der Waals surface area contributed by atoms with E-state index < -0.39 is 15.2 Å². The smallest absolute Gasteiger partial charge is 0.325 e. The summed E-state index contributed by atoms with van der Waals surface area (Å²) in [5.74, 6) is 0. The molecule has 13 heteroatoms. The van der Waals surface area contributed by atoms with E-state index in [1.165, 1.54) is 6.33 Å². The quantitative estimate of drug-likeness (QED) is 0.299. The normalized spacial score (nSPS) is 13.0. The van der Waals surface area contributed by atoms with Gasteiger partial charge in [0, 0.05) is 18.3 Å². The summed E-state index contributed by atoms with van der Waals surface area (Å²) in [7, 11) is -8.21. The Morgan fingerprint density at radius 1 is 1.00 bits per heavy atom. The van der Waals surface area contributed by atoms with Crippen molar-refractivity contribution in [3.05, 3.63) is 28.4 Å². The molecule has 0 aliphatic carbocycles. The number of hydrogen-bond acceptors (Lipinski definition) is 5. The molecule has 0 aliphatic rings. The maximum Gasteiger partial charge on any atom is 0.325 e. The Morgan fingerprint density at radius 3 is 2.12 bits per heavy atom. The van der Waals surface area contributed by atoms with Crippen molar-refractivity contribution in [1.82, 2.24) is 19.9 Å². The van der Waals surface area contributed by atoms with E-state index in [0.717, 1.165) is 5.56 Å². The maximum atomic E-state index is 11.7. The third-order valence-corrected chi connectivity index (χ3v) is 5.59. The van der Waals surface area contributed by atoms with Gasteiger partial charge in [-0.25, -0.2) is 4.98 Å². The lowest BCUT2D eigenvalue weighted by molar-refractivity contribution is 0.262. The fourth-order valence-electron chi connectivity index (χ4n) is 2.64. The SMILES string of the molecule is O=c1[nH]cnc2c(CN(CCCP(=O)(O)O)CCCP(=O)(O)O)c[nH]c12. The van der Waals surface area contributed by atoms with Crippen LogP contribution < -0.4 is 5.56 Å². The van der Waals surface area contributed by atoms with Crippen LogP contribution in [0.3, 0.4) is 0 Å². The van der Waals surface area contributed by atoms with E-state index in [9.17, 15) is 13.9 Å². The second-order valence-electron chi connectivity index (χ2n) is 6.03. The van der Waals surface area contributed by atoms with Gasteiger partial charge in [0.1, 0.15) is 5.52 Å². The van der Waals surface area contributed by atoms with Crippen molar-refractivity contribution in [2.24, 2.45) is 0 Å². The molecule has 0 aliphatic heterocycles. The number of nitrogens with zero attached hydrogens (tertiary/aromatic N) is 2. The molecule has 0 bridgehead atoms. The van der Waals surface area contributed by atoms with Gasteiger partial charge in [0.2, 0.25) is 0 Å². The Hall–Kier alpha value is -1.32. The van der Waals surface area contributed by atoms with Gasteiger partial charge in [0.25, 0.3) is 5.56 Å². The predicted octanol–water partition coefficient (Wildman–Crippen LogP) is 0.189. The minimum Gasteiger partial charge on any atom is -0.355 e. The van der Waals surface area contributed by atoms with Gasteiger partial charge < -0.3 is 29.5 Å². The largest absolute Gasteiger partial charge is 0.355 e. The van der Waals surface area contributed by atoms with Gasteiger partial charge in [0.05, 0.1) is 24.2 Å². The first-order valence-electron chi connectivity index (χ1n) is 7.90. The number of aromatic amines is 2.